The molecule has 1 nitrogen and oxygen atoms in total. The SMILES string of the molecule is CCCCC(C)c1cccc(C2(N)CC2)c1. The van der Waals surface area contributed by atoms with Gasteiger partial charge in [-0.15, -0.1) is 0 Å². The van der Waals surface area contributed by atoms with Gasteiger partial charge in [0.25, 0.3) is 0 Å². The van der Waals surface area contributed by atoms with E-state index >= 15 is 0 Å². The number of nitrogens with two attached hydrogens (primary N) is 1. The van der Waals surface area contributed by atoms with Gasteiger partial charge >= 0.3 is 0 Å². The van der Waals surface area contributed by atoms with Crippen molar-refractivity contribution >= 4 is 0 Å². The standard InChI is InChI=1S/C15H23N/c1-3-4-6-12(2)13-7-5-8-14(11-13)15(16)9-10-15/h5,7-8,11-12H,3-4,6,9-10,16H2,1-2H3. The van der Waals surface area contributed by atoms with Gasteiger partial charge in [0, 0.05) is 5.54 Å². The first-order valence-electron chi connectivity index (χ1n) is 6.55. The van der Waals surface area contributed by atoms with Gasteiger partial charge in [0.2, 0.25) is 0 Å². The summed E-state index contributed by atoms with van der Waals surface area (Å²) in [6, 6.07) is 8.92. The molecule has 0 bridgehead atoms. The van der Waals surface area contributed by atoms with Gasteiger partial charge in [-0.2, -0.15) is 0 Å². The Kier molecular flexibility index (Phi) is 3.34. The van der Waals surface area contributed by atoms with Crippen LogP contribution in [0, 0.1) is 0 Å². The Balaban J connectivity index is 2.09. The van der Waals surface area contributed by atoms with Crippen LogP contribution in [0.5, 0.6) is 0 Å². The van der Waals surface area contributed by atoms with Gasteiger partial charge in [-0.25, -0.2) is 0 Å². The molecule has 1 aromatic rings. The van der Waals surface area contributed by atoms with Crippen LogP contribution in [0.2, 0.25) is 0 Å². The summed E-state index contributed by atoms with van der Waals surface area (Å²) in [5.41, 5.74) is 9.05. The lowest BCUT2D eigenvalue weighted by atomic mass is 9.92. The van der Waals surface area contributed by atoms with Gasteiger partial charge in [-0.3, -0.25) is 0 Å². The zero-order valence-corrected chi connectivity index (χ0v) is 10.5. The molecule has 1 aliphatic carbocycles. The smallest absolute Gasteiger partial charge is 0.0411 e. The summed E-state index contributed by atoms with van der Waals surface area (Å²) in [7, 11) is 0. The summed E-state index contributed by atoms with van der Waals surface area (Å²) in [6.07, 6.45) is 6.20. The van der Waals surface area contributed by atoms with Crippen molar-refractivity contribution in [2.24, 2.45) is 5.73 Å². The fourth-order valence-corrected chi connectivity index (χ4v) is 2.26. The van der Waals surface area contributed by atoms with Crippen LogP contribution in [0.3, 0.4) is 0 Å². The molecule has 0 heterocycles. The molecular formula is C15H23N. The molecule has 2 rings (SSSR count). The highest BCUT2D eigenvalue weighted by Crippen LogP contribution is 2.43. The van der Waals surface area contributed by atoms with E-state index in [0.29, 0.717) is 5.92 Å². The Bertz CT molecular complexity index is 352. The van der Waals surface area contributed by atoms with Crippen LogP contribution in [-0.4, -0.2) is 0 Å². The maximum atomic E-state index is 6.24. The van der Waals surface area contributed by atoms with Crippen molar-refractivity contribution in [3.8, 4) is 0 Å². The van der Waals surface area contributed by atoms with E-state index in [9.17, 15) is 0 Å². The summed E-state index contributed by atoms with van der Waals surface area (Å²) in [5, 5.41) is 0. The fourth-order valence-electron chi connectivity index (χ4n) is 2.26. The quantitative estimate of drug-likeness (QED) is 0.794. The van der Waals surface area contributed by atoms with Crippen molar-refractivity contribution < 1.29 is 0 Å². The average molecular weight is 217 g/mol. The molecule has 88 valence electrons. The molecule has 1 atom stereocenters. The molecule has 1 unspecified atom stereocenters. The van der Waals surface area contributed by atoms with E-state index in [2.05, 4.69) is 38.1 Å². The average Bonchev–Trinajstić information content (AvgIpc) is 3.06. The summed E-state index contributed by atoms with van der Waals surface area (Å²) < 4.78 is 0. The fraction of sp³-hybridized carbons (Fsp3) is 0.600. The number of unbranched alkanes of at least 4 members (excludes halogenated alkanes) is 1. The molecule has 1 fully saturated rings. The molecule has 1 aliphatic rings. The third-order valence-electron chi connectivity index (χ3n) is 3.81. The monoisotopic (exact) mass is 217 g/mol. The predicted octanol–water partition coefficient (Wildman–Crippen LogP) is 3.93. The molecule has 16 heavy (non-hydrogen) atoms. The lowest BCUT2D eigenvalue weighted by Gasteiger charge is -2.15. The maximum absolute atomic E-state index is 6.24. The van der Waals surface area contributed by atoms with Gasteiger partial charge in [0.05, 0.1) is 0 Å². The van der Waals surface area contributed by atoms with Crippen LogP contribution in [0.1, 0.15) is 63.0 Å². The van der Waals surface area contributed by atoms with E-state index < -0.39 is 0 Å². The first-order chi connectivity index (χ1) is 7.65. The summed E-state index contributed by atoms with van der Waals surface area (Å²) in [5.74, 6) is 0.669. The minimum Gasteiger partial charge on any atom is -0.321 e. The highest BCUT2D eigenvalue weighted by atomic mass is 14.8. The van der Waals surface area contributed by atoms with Gasteiger partial charge in [0.15, 0.2) is 0 Å². The molecular weight excluding hydrogens is 194 g/mol. The normalized spacial score (nSPS) is 19.4. The number of hydrogen-bond acceptors (Lipinski definition) is 1. The molecule has 0 saturated heterocycles. The third-order valence-corrected chi connectivity index (χ3v) is 3.81. The molecule has 1 heteroatoms. The maximum Gasteiger partial charge on any atom is 0.0411 e. The van der Waals surface area contributed by atoms with E-state index in [1.165, 1.54) is 30.4 Å². The minimum absolute atomic E-state index is 0.0144. The first-order valence-corrected chi connectivity index (χ1v) is 6.55. The lowest BCUT2D eigenvalue weighted by molar-refractivity contribution is 0.622. The molecule has 1 aromatic carbocycles. The van der Waals surface area contributed by atoms with E-state index in [1.54, 1.807) is 0 Å². The van der Waals surface area contributed by atoms with Crippen molar-refractivity contribution in [3.63, 3.8) is 0 Å². The van der Waals surface area contributed by atoms with E-state index in [1.807, 2.05) is 0 Å². The second-order valence-electron chi connectivity index (χ2n) is 5.32. The minimum atomic E-state index is 0.0144. The Morgan fingerprint density at radius 1 is 1.38 bits per heavy atom. The predicted molar refractivity (Wildman–Crippen MR) is 69.5 cm³/mol. The van der Waals surface area contributed by atoms with Crippen molar-refractivity contribution in [2.75, 3.05) is 0 Å². The first kappa shape index (κ1) is 11.7. The highest BCUT2D eigenvalue weighted by molar-refractivity contribution is 5.34. The van der Waals surface area contributed by atoms with Crippen molar-refractivity contribution in [2.45, 2.75) is 57.4 Å². The number of rotatable bonds is 5. The van der Waals surface area contributed by atoms with Crippen molar-refractivity contribution in [3.05, 3.63) is 35.4 Å². The second-order valence-corrected chi connectivity index (χ2v) is 5.32. The Morgan fingerprint density at radius 3 is 2.75 bits per heavy atom. The highest BCUT2D eigenvalue weighted by Gasteiger charge is 2.39. The third kappa shape index (κ3) is 2.46. The topological polar surface area (TPSA) is 26.0 Å². The van der Waals surface area contributed by atoms with Crippen LogP contribution in [0.25, 0.3) is 0 Å². The lowest BCUT2D eigenvalue weighted by Crippen LogP contribution is -2.18. The summed E-state index contributed by atoms with van der Waals surface area (Å²) >= 11 is 0. The van der Waals surface area contributed by atoms with Crippen LogP contribution in [-0.2, 0) is 5.54 Å². The van der Waals surface area contributed by atoms with Crippen LogP contribution >= 0.6 is 0 Å². The van der Waals surface area contributed by atoms with E-state index in [0.717, 1.165) is 12.8 Å². The Hall–Kier alpha value is -0.820. The molecule has 2 N–H and O–H groups in total. The number of benzene rings is 1. The van der Waals surface area contributed by atoms with Gasteiger partial charge in [0.1, 0.15) is 0 Å². The summed E-state index contributed by atoms with van der Waals surface area (Å²) in [4.78, 5) is 0. The Labute approximate surface area is 99.0 Å². The van der Waals surface area contributed by atoms with E-state index in [-0.39, 0.29) is 5.54 Å². The van der Waals surface area contributed by atoms with Gasteiger partial charge < -0.3 is 5.73 Å². The van der Waals surface area contributed by atoms with Crippen LogP contribution in [0.4, 0.5) is 0 Å². The molecule has 1 saturated carbocycles. The van der Waals surface area contributed by atoms with Gasteiger partial charge in [-0.05, 0) is 36.3 Å². The second kappa shape index (κ2) is 4.58. The largest absolute Gasteiger partial charge is 0.321 e. The van der Waals surface area contributed by atoms with Crippen LogP contribution in [0.15, 0.2) is 24.3 Å². The molecule has 0 amide bonds. The summed E-state index contributed by atoms with van der Waals surface area (Å²) in [6.45, 7) is 4.58. The molecule has 0 radical (unpaired) electrons. The molecule has 0 aromatic heterocycles. The Morgan fingerprint density at radius 2 is 2.12 bits per heavy atom. The molecule has 0 spiro atoms. The molecule has 0 aliphatic heterocycles. The van der Waals surface area contributed by atoms with E-state index in [4.69, 9.17) is 5.73 Å². The zero-order valence-electron chi connectivity index (χ0n) is 10.5. The van der Waals surface area contributed by atoms with Crippen LogP contribution < -0.4 is 5.73 Å². The number of hydrogen-bond donors (Lipinski definition) is 1. The van der Waals surface area contributed by atoms with Gasteiger partial charge in [-0.1, -0.05) is 51.0 Å². The zero-order chi connectivity index (χ0) is 11.6. The van der Waals surface area contributed by atoms with Crippen molar-refractivity contribution in [1.82, 2.24) is 0 Å². The van der Waals surface area contributed by atoms with Crippen molar-refractivity contribution in [1.29, 1.82) is 0 Å².